The number of aldehydes is 1. The highest BCUT2D eigenvalue weighted by Gasteiger charge is 2.35. The first-order chi connectivity index (χ1) is 9.77. The van der Waals surface area contributed by atoms with E-state index in [1.54, 1.807) is 5.06 Å². The van der Waals surface area contributed by atoms with Gasteiger partial charge in [0.2, 0.25) is 5.78 Å². The molecule has 1 aromatic rings. The van der Waals surface area contributed by atoms with Crippen LogP contribution in [-0.4, -0.2) is 23.7 Å². The van der Waals surface area contributed by atoms with E-state index in [2.05, 4.69) is 6.92 Å². The van der Waals surface area contributed by atoms with Crippen molar-refractivity contribution in [1.82, 2.24) is 5.06 Å². The first-order valence-electron chi connectivity index (χ1n) is 7.24. The topological polar surface area (TPSA) is 46.6 Å². The monoisotopic (exact) mass is 275 g/mol. The van der Waals surface area contributed by atoms with Gasteiger partial charge in [0.05, 0.1) is 13.2 Å². The maximum absolute atomic E-state index is 11.8. The van der Waals surface area contributed by atoms with Crippen LogP contribution in [0, 0.1) is 0 Å². The number of unbranched alkanes of at least 4 members (excludes halogenated alkanes) is 3. The molecule has 1 unspecified atom stereocenters. The van der Waals surface area contributed by atoms with E-state index in [1.165, 1.54) is 12.8 Å². The Morgan fingerprint density at radius 3 is 2.90 bits per heavy atom. The molecule has 0 saturated heterocycles. The number of rotatable bonds is 8. The lowest BCUT2D eigenvalue weighted by Gasteiger charge is -2.21. The number of hydrogen-bond donors (Lipinski definition) is 0. The van der Waals surface area contributed by atoms with Crippen molar-refractivity contribution in [2.75, 3.05) is 6.61 Å². The molecule has 0 N–H and O–H groups in total. The summed E-state index contributed by atoms with van der Waals surface area (Å²) in [6.45, 7) is 3.32. The Balaban J connectivity index is 1.99. The molecule has 1 atom stereocenters. The largest absolute Gasteiger partial charge is 0.298 e. The van der Waals surface area contributed by atoms with Crippen LogP contribution >= 0.6 is 0 Å². The summed E-state index contributed by atoms with van der Waals surface area (Å²) in [7, 11) is 0. The predicted molar refractivity (Wildman–Crippen MR) is 75.9 cm³/mol. The van der Waals surface area contributed by atoms with Gasteiger partial charge in [-0.3, -0.25) is 14.4 Å². The lowest BCUT2D eigenvalue weighted by molar-refractivity contribution is -0.190. The fourth-order valence-electron chi connectivity index (χ4n) is 2.55. The van der Waals surface area contributed by atoms with Crippen molar-refractivity contribution in [3.05, 3.63) is 35.4 Å². The Labute approximate surface area is 119 Å². The van der Waals surface area contributed by atoms with Crippen LogP contribution in [-0.2, 0) is 21.0 Å². The van der Waals surface area contributed by atoms with Crippen LogP contribution in [0.5, 0.6) is 0 Å². The first kappa shape index (κ1) is 14.9. The molecule has 0 fully saturated rings. The third kappa shape index (κ3) is 3.32. The average molecular weight is 275 g/mol. The van der Waals surface area contributed by atoms with Crippen LogP contribution < -0.4 is 0 Å². The smallest absolute Gasteiger partial charge is 0.219 e. The molecule has 1 heterocycles. The van der Waals surface area contributed by atoms with Gasteiger partial charge in [0.1, 0.15) is 6.04 Å². The molecule has 0 spiro atoms. The van der Waals surface area contributed by atoms with Gasteiger partial charge in [-0.2, -0.15) is 5.06 Å². The number of nitrogens with zero attached hydrogens (tertiary/aromatic N) is 1. The maximum Gasteiger partial charge on any atom is 0.219 e. The number of hydrogen-bond acceptors (Lipinski definition) is 4. The summed E-state index contributed by atoms with van der Waals surface area (Å²) in [5, 5.41) is 1.65. The Bertz CT molecular complexity index is 473. The number of fused-ring (bicyclic) bond motifs is 1. The second-order valence-corrected chi connectivity index (χ2v) is 5.09. The van der Waals surface area contributed by atoms with Crippen molar-refractivity contribution in [2.45, 2.75) is 45.2 Å². The SMILES string of the molecule is CCCCCCON1Cc2ccccc2C1C(=O)C=O. The third-order valence-electron chi connectivity index (χ3n) is 3.60. The Morgan fingerprint density at radius 1 is 1.35 bits per heavy atom. The van der Waals surface area contributed by atoms with Gasteiger partial charge in [-0.25, -0.2) is 0 Å². The lowest BCUT2D eigenvalue weighted by atomic mass is 10.0. The fourth-order valence-corrected chi connectivity index (χ4v) is 2.55. The molecule has 4 nitrogen and oxygen atoms in total. The summed E-state index contributed by atoms with van der Waals surface area (Å²) in [4.78, 5) is 28.4. The van der Waals surface area contributed by atoms with E-state index in [9.17, 15) is 9.59 Å². The van der Waals surface area contributed by atoms with Crippen molar-refractivity contribution in [2.24, 2.45) is 0 Å². The molecule has 4 heteroatoms. The van der Waals surface area contributed by atoms with E-state index in [1.807, 2.05) is 24.3 Å². The van der Waals surface area contributed by atoms with Crippen LogP contribution in [0.1, 0.15) is 49.8 Å². The van der Waals surface area contributed by atoms with Crippen molar-refractivity contribution in [1.29, 1.82) is 0 Å². The normalized spacial score (nSPS) is 17.9. The molecule has 1 aliphatic heterocycles. The van der Waals surface area contributed by atoms with Crippen LogP contribution in [0.4, 0.5) is 0 Å². The Kier molecular flexibility index (Phi) is 5.44. The number of ketones is 1. The van der Waals surface area contributed by atoms with E-state index in [4.69, 9.17) is 4.84 Å². The molecule has 2 rings (SSSR count). The first-order valence-corrected chi connectivity index (χ1v) is 7.24. The molecule has 0 radical (unpaired) electrons. The number of Topliss-reactive ketones (excluding diaryl/α,β-unsaturated/α-hetero) is 1. The maximum atomic E-state index is 11.8. The van der Waals surface area contributed by atoms with Gasteiger partial charge in [-0.15, -0.1) is 0 Å². The molecule has 1 aromatic carbocycles. The zero-order valence-corrected chi connectivity index (χ0v) is 11.9. The van der Waals surface area contributed by atoms with E-state index >= 15 is 0 Å². The van der Waals surface area contributed by atoms with Gasteiger partial charge in [0.15, 0.2) is 6.29 Å². The highest BCUT2D eigenvalue weighted by Crippen LogP contribution is 2.34. The van der Waals surface area contributed by atoms with E-state index in [-0.39, 0.29) is 0 Å². The highest BCUT2D eigenvalue weighted by atomic mass is 16.7. The standard InChI is InChI=1S/C16H21NO3/c1-2-3-4-7-10-20-17-11-13-8-5-6-9-14(13)16(17)15(19)12-18/h5-6,8-9,12,16H,2-4,7,10-11H2,1H3. The van der Waals surface area contributed by atoms with Crippen molar-refractivity contribution in [3.8, 4) is 0 Å². The Hall–Kier alpha value is -1.52. The zero-order valence-electron chi connectivity index (χ0n) is 11.9. The summed E-state index contributed by atoms with van der Waals surface area (Å²) in [5.41, 5.74) is 1.94. The summed E-state index contributed by atoms with van der Waals surface area (Å²) in [5.74, 6) is -0.441. The molecule has 0 amide bonds. The molecular weight excluding hydrogens is 254 g/mol. The van der Waals surface area contributed by atoms with Gasteiger partial charge >= 0.3 is 0 Å². The minimum atomic E-state index is -0.574. The second kappa shape index (κ2) is 7.31. The molecule has 20 heavy (non-hydrogen) atoms. The molecule has 108 valence electrons. The number of carbonyl (C=O) groups is 2. The van der Waals surface area contributed by atoms with Crippen LogP contribution in [0.3, 0.4) is 0 Å². The molecule has 1 aliphatic rings. The minimum absolute atomic E-state index is 0.389. The molecule has 0 aliphatic carbocycles. The average Bonchev–Trinajstić information content (AvgIpc) is 2.84. The molecule has 0 saturated carbocycles. The molecule has 0 bridgehead atoms. The van der Waals surface area contributed by atoms with Gasteiger partial charge < -0.3 is 0 Å². The van der Waals surface area contributed by atoms with Crippen molar-refractivity contribution in [3.63, 3.8) is 0 Å². The van der Waals surface area contributed by atoms with Crippen molar-refractivity contribution >= 4 is 12.1 Å². The summed E-state index contributed by atoms with van der Waals surface area (Å²) < 4.78 is 0. The van der Waals surface area contributed by atoms with Gasteiger partial charge in [-0.1, -0.05) is 50.5 Å². The quantitative estimate of drug-likeness (QED) is 0.416. The number of carbonyl (C=O) groups excluding carboxylic acids is 2. The summed E-state index contributed by atoms with van der Waals surface area (Å²) in [6.07, 6.45) is 4.87. The molecular formula is C16H21NO3. The van der Waals surface area contributed by atoms with Crippen LogP contribution in [0.15, 0.2) is 24.3 Å². The number of benzene rings is 1. The fraction of sp³-hybridized carbons (Fsp3) is 0.500. The zero-order chi connectivity index (χ0) is 14.4. The van der Waals surface area contributed by atoms with Crippen LogP contribution in [0.2, 0.25) is 0 Å². The third-order valence-corrected chi connectivity index (χ3v) is 3.60. The Morgan fingerprint density at radius 2 is 2.15 bits per heavy atom. The number of hydroxylamine groups is 2. The van der Waals surface area contributed by atoms with Crippen LogP contribution in [0.25, 0.3) is 0 Å². The van der Waals surface area contributed by atoms with E-state index in [0.717, 1.165) is 24.0 Å². The summed E-state index contributed by atoms with van der Waals surface area (Å²) in [6, 6.07) is 7.11. The molecule has 0 aromatic heterocycles. The van der Waals surface area contributed by atoms with E-state index in [0.29, 0.717) is 19.4 Å². The van der Waals surface area contributed by atoms with Gasteiger partial charge in [-0.05, 0) is 17.5 Å². The van der Waals surface area contributed by atoms with Gasteiger partial charge in [0.25, 0.3) is 0 Å². The van der Waals surface area contributed by atoms with Crippen molar-refractivity contribution < 1.29 is 14.4 Å². The minimum Gasteiger partial charge on any atom is -0.298 e. The van der Waals surface area contributed by atoms with E-state index < -0.39 is 11.8 Å². The predicted octanol–water partition coefficient (Wildman–Crippen LogP) is 2.82. The summed E-state index contributed by atoms with van der Waals surface area (Å²) >= 11 is 0. The highest BCUT2D eigenvalue weighted by molar-refractivity contribution is 6.27. The second-order valence-electron chi connectivity index (χ2n) is 5.09. The lowest BCUT2D eigenvalue weighted by Crippen LogP contribution is -2.29. The van der Waals surface area contributed by atoms with Gasteiger partial charge in [0, 0.05) is 0 Å².